The number of hydrogen-bond acceptors (Lipinski definition) is 4. The number of aryl methyl sites for hydroxylation is 1. The Balaban J connectivity index is 1.44. The third-order valence-electron chi connectivity index (χ3n) is 6.68. The number of benzene rings is 4. The molecule has 0 aliphatic heterocycles. The second kappa shape index (κ2) is 10.7. The molecular formula is C31H24FNO5. The number of carboxylic acid groups (broad SMARTS) is 1. The molecule has 0 spiro atoms. The van der Waals surface area contributed by atoms with Crippen molar-refractivity contribution in [1.82, 2.24) is 0 Å². The van der Waals surface area contributed by atoms with Gasteiger partial charge in [-0.15, -0.1) is 0 Å². The highest BCUT2D eigenvalue weighted by Crippen LogP contribution is 2.37. The zero-order valence-electron chi connectivity index (χ0n) is 20.3. The van der Waals surface area contributed by atoms with Crippen LogP contribution in [0.15, 0.2) is 84.9 Å². The highest BCUT2D eigenvalue weighted by atomic mass is 19.1. The maximum Gasteiger partial charge on any atom is 0.336 e. The standard InChI is InChI=1S/C31H24FNO5/c32-25-14-11-21(12-15-25)23-13-16-27(31(34)35)24(19-23)10-8-20-9-17-30(28(18-20)33(36)37)38-29-7-3-5-22-4-1-2-6-26(22)29/h1-2,4,6,8-19,29H,3,5,7H2,(H,34,35)/b10-8+. The van der Waals surface area contributed by atoms with Crippen LogP contribution in [-0.2, 0) is 6.42 Å². The smallest absolute Gasteiger partial charge is 0.336 e. The second-order valence-electron chi connectivity index (χ2n) is 9.13. The number of carboxylic acids is 1. The minimum Gasteiger partial charge on any atom is -0.479 e. The fourth-order valence-corrected chi connectivity index (χ4v) is 4.77. The average molecular weight is 510 g/mol. The summed E-state index contributed by atoms with van der Waals surface area (Å²) in [6, 6.07) is 23.5. The molecule has 6 nitrogen and oxygen atoms in total. The van der Waals surface area contributed by atoms with Gasteiger partial charge in [0.05, 0.1) is 10.5 Å². The van der Waals surface area contributed by atoms with E-state index in [4.69, 9.17) is 4.74 Å². The fourth-order valence-electron chi connectivity index (χ4n) is 4.77. The summed E-state index contributed by atoms with van der Waals surface area (Å²) in [6.45, 7) is 0. The van der Waals surface area contributed by atoms with Gasteiger partial charge in [0.15, 0.2) is 5.75 Å². The lowest BCUT2D eigenvalue weighted by Gasteiger charge is -2.26. The monoisotopic (exact) mass is 509 g/mol. The molecule has 0 saturated heterocycles. The molecule has 0 fully saturated rings. The molecule has 1 aliphatic rings. The fraction of sp³-hybridized carbons (Fsp3) is 0.129. The lowest BCUT2D eigenvalue weighted by atomic mass is 9.89. The predicted octanol–water partition coefficient (Wildman–Crippen LogP) is 7.73. The summed E-state index contributed by atoms with van der Waals surface area (Å²) in [5.74, 6) is -1.27. The van der Waals surface area contributed by atoms with Crippen LogP contribution in [0.4, 0.5) is 10.1 Å². The largest absolute Gasteiger partial charge is 0.479 e. The summed E-state index contributed by atoms with van der Waals surface area (Å²) in [4.78, 5) is 23.2. The quantitative estimate of drug-likeness (QED) is 0.156. The van der Waals surface area contributed by atoms with Crippen LogP contribution in [0.1, 0.15) is 51.6 Å². The summed E-state index contributed by atoms with van der Waals surface area (Å²) in [7, 11) is 0. The van der Waals surface area contributed by atoms with Crippen LogP contribution in [0.5, 0.6) is 5.75 Å². The van der Waals surface area contributed by atoms with Gasteiger partial charge < -0.3 is 9.84 Å². The first-order chi connectivity index (χ1) is 18.4. The van der Waals surface area contributed by atoms with Crippen molar-refractivity contribution in [3.05, 3.63) is 129 Å². The van der Waals surface area contributed by atoms with Crippen LogP contribution in [-0.4, -0.2) is 16.0 Å². The predicted molar refractivity (Wildman–Crippen MR) is 144 cm³/mol. The molecule has 0 bridgehead atoms. The summed E-state index contributed by atoms with van der Waals surface area (Å²) in [5.41, 5.74) is 4.57. The molecule has 7 heteroatoms. The first-order valence-corrected chi connectivity index (χ1v) is 12.2. The van der Waals surface area contributed by atoms with Crippen LogP contribution in [0.3, 0.4) is 0 Å². The molecule has 1 aliphatic carbocycles. The SMILES string of the molecule is O=C(O)c1ccc(-c2ccc(F)cc2)cc1/C=C/c1ccc(OC2CCCc3ccccc32)c([N+](=O)[O-])c1. The van der Waals surface area contributed by atoms with Crippen LogP contribution in [0.25, 0.3) is 23.3 Å². The number of hydrogen-bond donors (Lipinski definition) is 1. The maximum absolute atomic E-state index is 13.3. The van der Waals surface area contributed by atoms with Crippen molar-refractivity contribution in [3.8, 4) is 16.9 Å². The van der Waals surface area contributed by atoms with E-state index in [1.165, 1.54) is 29.8 Å². The number of carbonyl (C=O) groups is 1. The van der Waals surface area contributed by atoms with Crippen molar-refractivity contribution >= 4 is 23.8 Å². The Morgan fingerprint density at radius 2 is 1.74 bits per heavy atom. The number of fused-ring (bicyclic) bond motifs is 1. The third kappa shape index (κ3) is 5.32. The lowest BCUT2D eigenvalue weighted by Crippen LogP contribution is -2.15. The first-order valence-electron chi connectivity index (χ1n) is 12.2. The molecule has 0 heterocycles. The molecule has 38 heavy (non-hydrogen) atoms. The van der Waals surface area contributed by atoms with Gasteiger partial charge in [-0.05, 0) is 83.0 Å². The highest BCUT2D eigenvalue weighted by molar-refractivity contribution is 5.94. The number of halogens is 1. The molecule has 0 radical (unpaired) electrons. The average Bonchev–Trinajstić information content (AvgIpc) is 2.92. The van der Waals surface area contributed by atoms with Gasteiger partial charge in [0, 0.05) is 6.07 Å². The van der Waals surface area contributed by atoms with Crippen molar-refractivity contribution < 1.29 is 24.0 Å². The van der Waals surface area contributed by atoms with E-state index in [2.05, 4.69) is 6.07 Å². The van der Waals surface area contributed by atoms with Gasteiger partial charge in [-0.3, -0.25) is 10.1 Å². The molecule has 0 saturated carbocycles. The van der Waals surface area contributed by atoms with Gasteiger partial charge in [-0.1, -0.05) is 60.7 Å². The van der Waals surface area contributed by atoms with Crippen molar-refractivity contribution in [2.24, 2.45) is 0 Å². The minimum atomic E-state index is -1.10. The van der Waals surface area contributed by atoms with Gasteiger partial charge >= 0.3 is 11.7 Å². The number of nitrogens with zero attached hydrogens (tertiary/aromatic N) is 1. The molecule has 190 valence electrons. The van der Waals surface area contributed by atoms with E-state index in [0.717, 1.165) is 36.0 Å². The normalized spacial score (nSPS) is 14.7. The van der Waals surface area contributed by atoms with Crippen LogP contribution in [0.2, 0.25) is 0 Å². The van der Waals surface area contributed by atoms with E-state index < -0.39 is 10.9 Å². The molecule has 1 N–H and O–H groups in total. The van der Waals surface area contributed by atoms with Crippen molar-refractivity contribution in [1.29, 1.82) is 0 Å². The van der Waals surface area contributed by atoms with E-state index in [9.17, 15) is 24.4 Å². The molecule has 4 aromatic carbocycles. The van der Waals surface area contributed by atoms with Crippen molar-refractivity contribution in [3.63, 3.8) is 0 Å². The number of nitro groups is 1. The number of rotatable bonds is 7. The van der Waals surface area contributed by atoms with E-state index in [1.54, 1.807) is 48.6 Å². The molecular weight excluding hydrogens is 485 g/mol. The van der Waals surface area contributed by atoms with Crippen LogP contribution < -0.4 is 4.74 Å². The van der Waals surface area contributed by atoms with Crippen LogP contribution in [0, 0.1) is 15.9 Å². The topological polar surface area (TPSA) is 89.7 Å². The second-order valence-corrected chi connectivity index (χ2v) is 9.13. The number of aromatic carboxylic acids is 1. The summed E-state index contributed by atoms with van der Waals surface area (Å²) in [6.07, 6.45) is 5.66. The Bertz CT molecular complexity index is 1540. The molecule has 1 unspecified atom stereocenters. The molecule has 1 atom stereocenters. The van der Waals surface area contributed by atoms with E-state index in [0.29, 0.717) is 11.1 Å². The van der Waals surface area contributed by atoms with Gasteiger partial charge in [-0.2, -0.15) is 0 Å². The number of ether oxygens (including phenoxy) is 1. The third-order valence-corrected chi connectivity index (χ3v) is 6.68. The Kier molecular flexibility index (Phi) is 7.00. The van der Waals surface area contributed by atoms with Gasteiger partial charge in [0.2, 0.25) is 0 Å². The first kappa shape index (κ1) is 24.9. The Labute approximate surface area is 218 Å². The lowest BCUT2D eigenvalue weighted by molar-refractivity contribution is -0.386. The van der Waals surface area contributed by atoms with E-state index >= 15 is 0 Å². The minimum absolute atomic E-state index is 0.0810. The summed E-state index contributed by atoms with van der Waals surface area (Å²) in [5, 5.41) is 21.6. The van der Waals surface area contributed by atoms with Crippen molar-refractivity contribution in [2.75, 3.05) is 0 Å². The molecule has 5 rings (SSSR count). The Morgan fingerprint density at radius 1 is 0.974 bits per heavy atom. The van der Waals surface area contributed by atoms with Crippen molar-refractivity contribution in [2.45, 2.75) is 25.4 Å². The van der Waals surface area contributed by atoms with Gasteiger partial charge in [-0.25, -0.2) is 9.18 Å². The summed E-state index contributed by atoms with van der Waals surface area (Å²) >= 11 is 0. The van der Waals surface area contributed by atoms with E-state index in [-0.39, 0.29) is 28.9 Å². The zero-order valence-corrected chi connectivity index (χ0v) is 20.3. The molecule has 4 aromatic rings. The molecule has 0 aromatic heterocycles. The zero-order chi connectivity index (χ0) is 26.6. The summed E-state index contributed by atoms with van der Waals surface area (Å²) < 4.78 is 19.5. The highest BCUT2D eigenvalue weighted by Gasteiger charge is 2.25. The van der Waals surface area contributed by atoms with Gasteiger partial charge in [0.1, 0.15) is 11.9 Å². The molecule has 0 amide bonds. The Hall–Kier alpha value is -4.78. The maximum atomic E-state index is 13.3. The van der Waals surface area contributed by atoms with Gasteiger partial charge in [0.25, 0.3) is 0 Å². The van der Waals surface area contributed by atoms with E-state index in [1.807, 2.05) is 18.2 Å². The Morgan fingerprint density at radius 3 is 2.50 bits per heavy atom. The van der Waals surface area contributed by atoms with Crippen LogP contribution >= 0.6 is 0 Å². The number of nitro benzene ring substituents is 1.